The van der Waals surface area contributed by atoms with Gasteiger partial charge in [-0.2, -0.15) is 0 Å². The zero-order valence-electron chi connectivity index (χ0n) is 13.7. The van der Waals surface area contributed by atoms with Crippen molar-refractivity contribution in [3.05, 3.63) is 76.0 Å². The van der Waals surface area contributed by atoms with E-state index in [2.05, 4.69) is 62.1 Å². The highest BCUT2D eigenvalue weighted by atomic mass is 79.9. The summed E-state index contributed by atoms with van der Waals surface area (Å²) in [5.74, 6) is -0.127. The van der Waals surface area contributed by atoms with Crippen LogP contribution in [0.2, 0.25) is 0 Å². The molecule has 0 bridgehead atoms. The number of hydrogen-bond donors (Lipinski definition) is 0. The van der Waals surface area contributed by atoms with Gasteiger partial charge in [-0.25, -0.2) is 4.39 Å². The molecule has 126 valence electrons. The number of hydrogen-bond acceptors (Lipinski definition) is 2. The minimum absolute atomic E-state index is 0.127. The van der Waals surface area contributed by atoms with Gasteiger partial charge in [-0.05, 0) is 17.7 Å². The van der Waals surface area contributed by atoms with Crippen LogP contribution in [0.4, 0.5) is 4.39 Å². The van der Waals surface area contributed by atoms with E-state index < -0.39 is 0 Å². The minimum Gasteiger partial charge on any atom is -0.297 e. The summed E-state index contributed by atoms with van der Waals surface area (Å²) < 4.78 is 14.8. The van der Waals surface area contributed by atoms with Crippen molar-refractivity contribution in [3.63, 3.8) is 0 Å². The summed E-state index contributed by atoms with van der Waals surface area (Å²) in [6, 6.07) is 15.5. The molecule has 0 radical (unpaired) electrons. The maximum Gasteiger partial charge on any atom is 0.128 e. The highest BCUT2D eigenvalue weighted by molar-refractivity contribution is 9.10. The first kappa shape index (κ1) is 17.3. The summed E-state index contributed by atoms with van der Waals surface area (Å²) in [5, 5.41) is 0. The lowest BCUT2D eigenvalue weighted by Gasteiger charge is -2.34. The minimum atomic E-state index is -0.127. The standard InChI is InChI=1S/C20H22BrFN2/c21-19-9-4-10-20(22)18(19)16-24-14-12-23(13-15-24)11-5-8-17-6-2-1-3-7-17/h1-10H,11-16H2. The molecular weight excluding hydrogens is 367 g/mol. The molecule has 4 heteroatoms. The largest absolute Gasteiger partial charge is 0.297 e. The van der Waals surface area contributed by atoms with Crippen LogP contribution in [0, 0.1) is 5.82 Å². The van der Waals surface area contributed by atoms with Gasteiger partial charge in [-0.1, -0.05) is 64.5 Å². The Balaban J connectivity index is 1.47. The van der Waals surface area contributed by atoms with E-state index in [9.17, 15) is 4.39 Å². The topological polar surface area (TPSA) is 6.48 Å². The zero-order valence-corrected chi connectivity index (χ0v) is 15.3. The predicted molar refractivity (Wildman–Crippen MR) is 101 cm³/mol. The molecule has 2 nitrogen and oxygen atoms in total. The first-order valence-corrected chi connectivity index (χ1v) is 9.11. The van der Waals surface area contributed by atoms with Gasteiger partial charge in [0.15, 0.2) is 0 Å². The molecule has 0 amide bonds. The van der Waals surface area contributed by atoms with Crippen LogP contribution < -0.4 is 0 Å². The normalized spacial score (nSPS) is 16.8. The number of halogens is 2. The van der Waals surface area contributed by atoms with Crippen LogP contribution in [0.25, 0.3) is 6.08 Å². The number of piperazine rings is 1. The Labute approximate surface area is 151 Å². The van der Waals surface area contributed by atoms with E-state index in [1.54, 1.807) is 6.07 Å². The molecule has 0 aliphatic carbocycles. The van der Waals surface area contributed by atoms with Crippen LogP contribution >= 0.6 is 15.9 Å². The Morgan fingerprint density at radius 3 is 2.33 bits per heavy atom. The van der Waals surface area contributed by atoms with Crippen LogP contribution in [0.5, 0.6) is 0 Å². The van der Waals surface area contributed by atoms with Gasteiger partial charge in [0.05, 0.1) is 0 Å². The van der Waals surface area contributed by atoms with Gasteiger partial charge in [0.25, 0.3) is 0 Å². The SMILES string of the molecule is Fc1cccc(Br)c1CN1CCN(CC=Cc2ccccc2)CC1. The Hall–Kier alpha value is -1.49. The molecule has 0 atom stereocenters. The average molecular weight is 389 g/mol. The molecule has 2 aromatic rings. The Kier molecular flexibility index (Phi) is 6.18. The Morgan fingerprint density at radius 2 is 1.62 bits per heavy atom. The van der Waals surface area contributed by atoms with Crippen molar-refractivity contribution in [3.8, 4) is 0 Å². The van der Waals surface area contributed by atoms with E-state index in [1.807, 2.05) is 12.1 Å². The molecule has 1 aliphatic heterocycles. The Bertz CT molecular complexity index is 659. The predicted octanol–water partition coefficient (Wildman–Crippen LogP) is 4.42. The molecule has 0 spiro atoms. The van der Waals surface area contributed by atoms with Gasteiger partial charge >= 0.3 is 0 Å². The number of rotatable bonds is 5. The number of benzene rings is 2. The number of nitrogens with zero attached hydrogens (tertiary/aromatic N) is 2. The molecule has 3 rings (SSSR count). The molecule has 1 saturated heterocycles. The summed E-state index contributed by atoms with van der Waals surface area (Å²) in [4.78, 5) is 4.76. The van der Waals surface area contributed by atoms with E-state index in [0.29, 0.717) is 6.54 Å². The zero-order chi connectivity index (χ0) is 16.8. The fourth-order valence-electron chi connectivity index (χ4n) is 2.94. The van der Waals surface area contributed by atoms with Gasteiger partial charge in [0.1, 0.15) is 5.82 Å². The third-order valence-corrected chi connectivity index (χ3v) is 5.12. The second-order valence-corrected chi connectivity index (χ2v) is 6.94. The maximum atomic E-state index is 13.9. The highest BCUT2D eigenvalue weighted by Gasteiger charge is 2.18. The van der Waals surface area contributed by atoms with Crippen LogP contribution in [-0.4, -0.2) is 42.5 Å². The molecule has 0 aromatic heterocycles. The van der Waals surface area contributed by atoms with Gasteiger partial charge in [0, 0.05) is 49.3 Å². The van der Waals surface area contributed by atoms with Gasteiger partial charge in [-0.3, -0.25) is 9.80 Å². The molecule has 2 aromatic carbocycles. The lowest BCUT2D eigenvalue weighted by atomic mass is 10.2. The summed E-state index contributed by atoms with van der Waals surface area (Å²) >= 11 is 3.46. The van der Waals surface area contributed by atoms with Crippen molar-refractivity contribution in [1.82, 2.24) is 9.80 Å². The molecular formula is C20H22BrFN2. The summed E-state index contributed by atoms with van der Waals surface area (Å²) in [7, 11) is 0. The van der Waals surface area contributed by atoms with Crippen molar-refractivity contribution in [1.29, 1.82) is 0 Å². The van der Waals surface area contributed by atoms with Crippen molar-refractivity contribution in [2.24, 2.45) is 0 Å². The second kappa shape index (κ2) is 8.56. The van der Waals surface area contributed by atoms with E-state index in [0.717, 1.165) is 42.8 Å². The smallest absolute Gasteiger partial charge is 0.128 e. The fraction of sp³-hybridized carbons (Fsp3) is 0.300. The molecule has 1 fully saturated rings. The lowest BCUT2D eigenvalue weighted by Crippen LogP contribution is -2.45. The van der Waals surface area contributed by atoms with Crippen LogP contribution in [-0.2, 0) is 6.54 Å². The first-order valence-electron chi connectivity index (χ1n) is 8.31. The molecule has 1 aliphatic rings. The van der Waals surface area contributed by atoms with Crippen LogP contribution in [0.1, 0.15) is 11.1 Å². The van der Waals surface area contributed by atoms with Crippen molar-refractivity contribution in [2.75, 3.05) is 32.7 Å². The molecule has 0 unspecified atom stereocenters. The summed E-state index contributed by atoms with van der Waals surface area (Å²) in [5.41, 5.74) is 2.00. The van der Waals surface area contributed by atoms with E-state index in [-0.39, 0.29) is 5.82 Å². The van der Waals surface area contributed by atoms with Crippen LogP contribution in [0.15, 0.2) is 59.1 Å². The quantitative estimate of drug-likeness (QED) is 0.747. The highest BCUT2D eigenvalue weighted by Crippen LogP contribution is 2.21. The Morgan fingerprint density at radius 1 is 0.917 bits per heavy atom. The van der Waals surface area contributed by atoms with Crippen molar-refractivity contribution in [2.45, 2.75) is 6.54 Å². The second-order valence-electron chi connectivity index (χ2n) is 6.09. The third-order valence-electron chi connectivity index (χ3n) is 4.38. The van der Waals surface area contributed by atoms with E-state index in [4.69, 9.17) is 0 Å². The fourth-order valence-corrected chi connectivity index (χ4v) is 3.41. The molecule has 1 heterocycles. The summed E-state index contributed by atoms with van der Waals surface area (Å²) in [6.07, 6.45) is 4.39. The van der Waals surface area contributed by atoms with Gasteiger partial charge < -0.3 is 0 Å². The van der Waals surface area contributed by atoms with Gasteiger partial charge in [0.2, 0.25) is 0 Å². The average Bonchev–Trinajstić information content (AvgIpc) is 2.61. The van der Waals surface area contributed by atoms with E-state index in [1.165, 1.54) is 11.6 Å². The molecule has 0 saturated carbocycles. The van der Waals surface area contributed by atoms with E-state index >= 15 is 0 Å². The molecule has 0 N–H and O–H groups in total. The maximum absolute atomic E-state index is 13.9. The van der Waals surface area contributed by atoms with Crippen molar-refractivity contribution < 1.29 is 4.39 Å². The third kappa shape index (κ3) is 4.76. The van der Waals surface area contributed by atoms with Crippen LogP contribution in [0.3, 0.4) is 0 Å². The van der Waals surface area contributed by atoms with Crippen molar-refractivity contribution >= 4 is 22.0 Å². The van der Waals surface area contributed by atoms with Gasteiger partial charge in [-0.15, -0.1) is 0 Å². The first-order chi connectivity index (χ1) is 11.7. The lowest BCUT2D eigenvalue weighted by molar-refractivity contribution is 0.136. The summed E-state index contributed by atoms with van der Waals surface area (Å²) in [6.45, 7) is 5.61. The molecule has 24 heavy (non-hydrogen) atoms. The monoisotopic (exact) mass is 388 g/mol.